The molecule has 0 fully saturated rings. The molecule has 0 spiro atoms. The Morgan fingerprint density at radius 1 is 0.545 bits per heavy atom. The van der Waals surface area contributed by atoms with Crippen molar-refractivity contribution in [3.8, 4) is 0 Å². The molecule has 6 nitrogen and oxygen atoms in total. The SMILES string of the molecule is CCCCO[PH](=O)OCC(CC)CCCC.CCCCO[PH](=O)OCC(CC)CCCC.[Co]. The quantitative estimate of drug-likeness (QED) is 0.0975. The summed E-state index contributed by atoms with van der Waals surface area (Å²) in [5.41, 5.74) is 0. The summed E-state index contributed by atoms with van der Waals surface area (Å²) >= 11 is 0. The molecular weight excluding hydrogens is 505 g/mol. The van der Waals surface area contributed by atoms with E-state index >= 15 is 0 Å². The molecule has 205 valence electrons. The third kappa shape index (κ3) is 28.9. The van der Waals surface area contributed by atoms with E-state index in [2.05, 4.69) is 41.5 Å². The van der Waals surface area contributed by atoms with Crippen LogP contribution in [0.15, 0.2) is 0 Å². The largest absolute Gasteiger partial charge is 0.319 e. The van der Waals surface area contributed by atoms with E-state index in [0.29, 0.717) is 38.3 Å². The minimum Gasteiger partial charge on any atom is -0.311 e. The fourth-order valence-corrected chi connectivity index (χ4v) is 4.38. The first-order chi connectivity index (χ1) is 15.5. The zero-order chi connectivity index (χ0) is 24.5. The van der Waals surface area contributed by atoms with E-state index in [0.717, 1.165) is 51.4 Å². The van der Waals surface area contributed by atoms with Crippen molar-refractivity contribution in [1.82, 2.24) is 0 Å². The van der Waals surface area contributed by atoms with Gasteiger partial charge in [0.2, 0.25) is 0 Å². The Morgan fingerprint density at radius 2 is 0.879 bits per heavy atom. The van der Waals surface area contributed by atoms with Crippen LogP contribution >= 0.6 is 16.5 Å². The molecule has 9 heteroatoms. The molecule has 0 heterocycles. The minimum atomic E-state index is -2.24. The van der Waals surface area contributed by atoms with Crippen LogP contribution in [0.3, 0.4) is 0 Å². The van der Waals surface area contributed by atoms with E-state index in [1.165, 1.54) is 25.7 Å². The Labute approximate surface area is 217 Å². The van der Waals surface area contributed by atoms with E-state index in [9.17, 15) is 9.13 Å². The predicted molar refractivity (Wildman–Crippen MR) is 138 cm³/mol. The van der Waals surface area contributed by atoms with Crippen molar-refractivity contribution in [2.24, 2.45) is 11.8 Å². The average molecular weight is 560 g/mol. The van der Waals surface area contributed by atoms with Crippen molar-refractivity contribution < 1.29 is 44.0 Å². The molecule has 0 amide bonds. The first-order valence-corrected chi connectivity index (χ1v) is 15.5. The summed E-state index contributed by atoms with van der Waals surface area (Å²) in [7, 11) is -4.48. The van der Waals surface area contributed by atoms with Gasteiger partial charge in [0.05, 0.1) is 26.4 Å². The van der Waals surface area contributed by atoms with Gasteiger partial charge >= 0.3 is 16.5 Å². The van der Waals surface area contributed by atoms with Gasteiger partial charge in [-0.1, -0.05) is 92.9 Å². The Hall–Kier alpha value is 0.806. The van der Waals surface area contributed by atoms with Crippen molar-refractivity contribution >= 4 is 16.5 Å². The summed E-state index contributed by atoms with van der Waals surface area (Å²) in [4.78, 5) is 0. The monoisotopic (exact) mass is 559 g/mol. The molecular formula is C24H54CoO6P2. The predicted octanol–water partition coefficient (Wildman–Crippen LogP) is 8.85. The Balaban J connectivity index is -0.000000529. The zero-order valence-corrected chi connectivity index (χ0v) is 25.3. The van der Waals surface area contributed by atoms with Gasteiger partial charge in [0.15, 0.2) is 0 Å². The third-order valence-electron chi connectivity index (χ3n) is 5.40. The fourth-order valence-electron chi connectivity index (χ4n) is 2.85. The van der Waals surface area contributed by atoms with Gasteiger partial charge in [-0.25, -0.2) is 0 Å². The van der Waals surface area contributed by atoms with Crippen LogP contribution < -0.4 is 0 Å². The summed E-state index contributed by atoms with van der Waals surface area (Å²) in [6.45, 7) is 15.1. The number of unbranched alkanes of at least 4 members (excludes halogenated alkanes) is 4. The van der Waals surface area contributed by atoms with Crippen LogP contribution in [0.1, 0.15) is 119 Å². The molecule has 0 N–H and O–H groups in total. The van der Waals surface area contributed by atoms with Crippen molar-refractivity contribution in [2.45, 2.75) is 119 Å². The summed E-state index contributed by atoms with van der Waals surface area (Å²) in [5.74, 6) is 1.06. The van der Waals surface area contributed by atoms with Crippen LogP contribution in [0, 0.1) is 11.8 Å². The van der Waals surface area contributed by atoms with E-state index < -0.39 is 16.5 Å². The van der Waals surface area contributed by atoms with Crippen LogP contribution in [0.5, 0.6) is 0 Å². The first-order valence-electron chi connectivity index (χ1n) is 13.1. The second-order valence-corrected chi connectivity index (χ2v) is 10.5. The van der Waals surface area contributed by atoms with Gasteiger partial charge in [0, 0.05) is 16.8 Å². The summed E-state index contributed by atoms with van der Waals surface area (Å²) < 4.78 is 43.4. The molecule has 4 unspecified atom stereocenters. The van der Waals surface area contributed by atoms with Crippen molar-refractivity contribution in [2.75, 3.05) is 26.4 Å². The zero-order valence-electron chi connectivity index (χ0n) is 22.3. The van der Waals surface area contributed by atoms with Crippen LogP contribution in [-0.2, 0) is 44.0 Å². The Morgan fingerprint density at radius 3 is 1.15 bits per heavy atom. The van der Waals surface area contributed by atoms with Crippen molar-refractivity contribution in [3.05, 3.63) is 0 Å². The Kier molecular flexibility index (Phi) is 35.8. The van der Waals surface area contributed by atoms with Crippen LogP contribution in [0.2, 0.25) is 0 Å². The molecule has 0 rings (SSSR count). The van der Waals surface area contributed by atoms with Crippen LogP contribution in [0.4, 0.5) is 0 Å². The average Bonchev–Trinajstić information content (AvgIpc) is 2.80. The maximum atomic E-state index is 11.4. The molecule has 1 radical (unpaired) electrons. The van der Waals surface area contributed by atoms with Gasteiger partial charge in [0.25, 0.3) is 0 Å². The van der Waals surface area contributed by atoms with Crippen LogP contribution in [0.25, 0.3) is 0 Å². The van der Waals surface area contributed by atoms with Gasteiger partial charge in [-0.05, 0) is 37.5 Å². The van der Waals surface area contributed by atoms with Crippen molar-refractivity contribution in [3.63, 3.8) is 0 Å². The molecule has 0 aromatic carbocycles. The molecule has 0 saturated carbocycles. The van der Waals surface area contributed by atoms with Gasteiger partial charge in [0.1, 0.15) is 0 Å². The van der Waals surface area contributed by atoms with E-state index in [-0.39, 0.29) is 16.8 Å². The second-order valence-electron chi connectivity index (χ2n) is 8.36. The molecule has 33 heavy (non-hydrogen) atoms. The summed E-state index contributed by atoms with van der Waals surface area (Å²) in [6.07, 6.45) is 13.4. The first kappa shape index (κ1) is 38.3. The third-order valence-corrected chi connectivity index (χ3v) is 7.08. The minimum absolute atomic E-state index is 0. The fraction of sp³-hybridized carbons (Fsp3) is 1.00. The molecule has 4 atom stereocenters. The molecule has 0 aromatic heterocycles. The smallest absolute Gasteiger partial charge is 0.311 e. The van der Waals surface area contributed by atoms with Gasteiger partial charge in [-0.3, -0.25) is 9.13 Å². The number of rotatable bonds is 22. The summed E-state index contributed by atoms with van der Waals surface area (Å²) in [6, 6.07) is 0. The van der Waals surface area contributed by atoms with Gasteiger partial charge in [-0.2, -0.15) is 0 Å². The van der Waals surface area contributed by atoms with E-state index in [1.54, 1.807) is 0 Å². The van der Waals surface area contributed by atoms with E-state index in [1.807, 2.05) is 0 Å². The molecule has 0 aromatic rings. The molecule has 0 aliphatic rings. The Bertz CT molecular complexity index is 392. The maximum absolute atomic E-state index is 11.4. The van der Waals surface area contributed by atoms with Gasteiger partial charge in [-0.15, -0.1) is 0 Å². The van der Waals surface area contributed by atoms with Gasteiger partial charge < -0.3 is 18.1 Å². The molecule has 0 aliphatic carbocycles. The topological polar surface area (TPSA) is 71.1 Å². The normalized spacial score (nSPS) is 14.5. The van der Waals surface area contributed by atoms with E-state index in [4.69, 9.17) is 18.1 Å². The standard InChI is InChI=1S/2C12H27O3P.Co/c2*1-4-7-9-12(6-3)11-15-16(13)14-10-8-5-2;/h2*12,16H,4-11H2,1-3H3;. The molecule has 0 saturated heterocycles. The number of hydrogen-bond acceptors (Lipinski definition) is 6. The molecule has 0 aliphatic heterocycles. The number of hydrogen-bond donors (Lipinski definition) is 0. The maximum Gasteiger partial charge on any atom is 0.319 e. The second kappa shape index (κ2) is 30.8. The summed E-state index contributed by atoms with van der Waals surface area (Å²) in [5, 5.41) is 0. The molecule has 0 bridgehead atoms. The van der Waals surface area contributed by atoms with Crippen LogP contribution in [-0.4, -0.2) is 26.4 Å². The van der Waals surface area contributed by atoms with Crippen molar-refractivity contribution in [1.29, 1.82) is 0 Å².